The van der Waals surface area contributed by atoms with E-state index in [0.29, 0.717) is 5.11 Å². The number of aliphatic imine (C=N–C) groups is 1. The minimum absolute atomic E-state index is 0.208. The predicted octanol–water partition coefficient (Wildman–Crippen LogP) is 0.170. The Labute approximate surface area is 85.4 Å². The molecule has 0 amide bonds. The highest BCUT2D eigenvalue weighted by atomic mass is 32.1. The Morgan fingerprint density at radius 2 is 2.15 bits per heavy atom. The number of hydrogen-bond donors (Lipinski definition) is 3. The second-order valence-corrected chi connectivity index (χ2v) is 2.51. The van der Waals surface area contributed by atoms with Crippen LogP contribution in [-0.2, 0) is 0 Å². The molecule has 0 aromatic rings. The molecule has 0 unspecified atom stereocenters. The Kier molecular flexibility index (Phi) is 15.8. The van der Waals surface area contributed by atoms with Crippen molar-refractivity contribution in [1.29, 1.82) is 0 Å². The fraction of sp³-hybridized carbons (Fsp3) is 0.750. The van der Waals surface area contributed by atoms with Crippen molar-refractivity contribution in [2.75, 3.05) is 27.2 Å². The van der Waals surface area contributed by atoms with Gasteiger partial charge >= 0.3 is 0 Å². The zero-order valence-corrected chi connectivity index (χ0v) is 9.32. The van der Waals surface area contributed by atoms with Gasteiger partial charge in [0.1, 0.15) is 0 Å². The van der Waals surface area contributed by atoms with Crippen LogP contribution in [-0.4, -0.2) is 43.7 Å². The number of hydrogen-bond acceptors (Lipinski definition) is 3. The first kappa shape index (κ1) is 14.8. The summed E-state index contributed by atoms with van der Waals surface area (Å²) in [5, 5.41) is 14.6. The smallest absolute Gasteiger partial charge is 0.166 e. The zero-order valence-electron chi connectivity index (χ0n) is 8.50. The van der Waals surface area contributed by atoms with Crippen LogP contribution in [0.25, 0.3) is 0 Å². The third-order valence-corrected chi connectivity index (χ3v) is 1.45. The molecule has 0 aliphatic rings. The highest BCUT2D eigenvalue weighted by Gasteiger charge is 1.87. The summed E-state index contributed by atoms with van der Waals surface area (Å²) in [6, 6.07) is 0. The number of nitrogens with zero attached hydrogens (tertiary/aromatic N) is 1. The number of aliphatic hydroxyl groups excluding tert-OH is 1. The van der Waals surface area contributed by atoms with Crippen LogP contribution in [0.1, 0.15) is 13.3 Å². The summed E-state index contributed by atoms with van der Waals surface area (Å²) in [7, 11) is 3.51. The molecular formula is C8H19N3OS. The fourth-order valence-electron chi connectivity index (χ4n) is 0.369. The Balaban J connectivity index is 0. The molecule has 0 aliphatic carbocycles. The van der Waals surface area contributed by atoms with Gasteiger partial charge in [-0.25, -0.2) is 0 Å². The standard InChI is InChI=1S/C5H12N2OS.C3H7N/c1-6-5(9)7-3-2-4-8;1-3-4-2/h8H,2-4H2,1H3,(H2,6,7,9);3H,1-2H3. The van der Waals surface area contributed by atoms with Gasteiger partial charge < -0.3 is 20.7 Å². The first-order chi connectivity index (χ1) is 6.22. The summed E-state index contributed by atoms with van der Waals surface area (Å²) in [4.78, 5) is 3.61. The van der Waals surface area contributed by atoms with Crippen LogP contribution in [0.2, 0.25) is 0 Å². The molecule has 0 heterocycles. The first-order valence-corrected chi connectivity index (χ1v) is 4.56. The molecule has 0 atom stereocenters. The average Bonchev–Trinajstić information content (AvgIpc) is 2.18. The average molecular weight is 205 g/mol. The van der Waals surface area contributed by atoms with Crippen molar-refractivity contribution >= 4 is 23.5 Å². The topological polar surface area (TPSA) is 56.7 Å². The van der Waals surface area contributed by atoms with E-state index in [1.165, 1.54) is 0 Å². The van der Waals surface area contributed by atoms with E-state index in [1.807, 2.05) is 6.92 Å². The van der Waals surface area contributed by atoms with Gasteiger partial charge in [-0.15, -0.1) is 0 Å². The van der Waals surface area contributed by atoms with Crippen molar-refractivity contribution < 1.29 is 5.11 Å². The largest absolute Gasteiger partial charge is 0.396 e. The van der Waals surface area contributed by atoms with E-state index in [2.05, 4.69) is 15.6 Å². The molecule has 78 valence electrons. The molecule has 5 heteroatoms. The minimum Gasteiger partial charge on any atom is -0.396 e. The second-order valence-electron chi connectivity index (χ2n) is 2.10. The summed E-state index contributed by atoms with van der Waals surface area (Å²) in [5.74, 6) is 0. The van der Waals surface area contributed by atoms with Crippen LogP contribution >= 0.6 is 12.2 Å². The summed E-state index contributed by atoms with van der Waals surface area (Å²) < 4.78 is 0. The molecule has 0 saturated heterocycles. The summed E-state index contributed by atoms with van der Waals surface area (Å²) in [5.41, 5.74) is 0. The van der Waals surface area contributed by atoms with Gasteiger partial charge in [0.25, 0.3) is 0 Å². The lowest BCUT2D eigenvalue weighted by atomic mass is 10.5. The quantitative estimate of drug-likeness (QED) is 0.349. The van der Waals surface area contributed by atoms with Crippen LogP contribution in [0.3, 0.4) is 0 Å². The van der Waals surface area contributed by atoms with Gasteiger partial charge in [0.15, 0.2) is 5.11 Å². The molecule has 3 N–H and O–H groups in total. The molecule has 0 spiro atoms. The molecule has 0 aliphatic heterocycles. The van der Waals surface area contributed by atoms with Crippen LogP contribution < -0.4 is 10.6 Å². The van der Waals surface area contributed by atoms with Crippen molar-refractivity contribution in [2.24, 2.45) is 4.99 Å². The highest BCUT2D eigenvalue weighted by molar-refractivity contribution is 7.80. The maximum absolute atomic E-state index is 8.35. The molecule has 0 saturated carbocycles. The van der Waals surface area contributed by atoms with Crippen molar-refractivity contribution in [3.05, 3.63) is 0 Å². The Bertz CT molecular complexity index is 135. The summed E-state index contributed by atoms with van der Waals surface area (Å²) >= 11 is 4.76. The van der Waals surface area contributed by atoms with Gasteiger partial charge in [-0.05, 0) is 31.8 Å². The molecule has 0 aromatic heterocycles. The molecule has 0 aromatic carbocycles. The summed E-state index contributed by atoms with van der Waals surface area (Å²) in [6.45, 7) is 2.83. The Morgan fingerprint density at radius 1 is 1.62 bits per heavy atom. The van der Waals surface area contributed by atoms with E-state index in [9.17, 15) is 0 Å². The number of rotatable bonds is 3. The van der Waals surface area contributed by atoms with E-state index in [0.717, 1.165) is 13.0 Å². The molecule has 0 radical (unpaired) electrons. The molecule has 0 fully saturated rings. The lowest BCUT2D eigenvalue weighted by Crippen LogP contribution is -2.33. The van der Waals surface area contributed by atoms with Crippen LogP contribution in [0.15, 0.2) is 4.99 Å². The Morgan fingerprint density at radius 3 is 2.46 bits per heavy atom. The van der Waals surface area contributed by atoms with Crippen LogP contribution in [0.4, 0.5) is 0 Å². The van der Waals surface area contributed by atoms with Crippen molar-refractivity contribution in [3.8, 4) is 0 Å². The number of thiocarbonyl (C=S) groups is 1. The van der Waals surface area contributed by atoms with Gasteiger partial charge in [-0.2, -0.15) is 0 Å². The summed E-state index contributed by atoms with van der Waals surface area (Å²) in [6.07, 6.45) is 2.49. The Hall–Kier alpha value is -0.680. The van der Waals surface area contributed by atoms with E-state index in [4.69, 9.17) is 17.3 Å². The van der Waals surface area contributed by atoms with Gasteiger partial charge in [0, 0.05) is 27.2 Å². The second kappa shape index (κ2) is 13.9. The normalized spacial score (nSPS) is 8.92. The number of nitrogens with one attached hydrogen (secondary N) is 2. The molecule has 0 bridgehead atoms. The molecule has 13 heavy (non-hydrogen) atoms. The van der Waals surface area contributed by atoms with Gasteiger partial charge in [0.2, 0.25) is 0 Å². The van der Waals surface area contributed by atoms with E-state index >= 15 is 0 Å². The monoisotopic (exact) mass is 205 g/mol. The van der Waals surface area contributed by atoms with Crippen LogP contribution in [0.5, 0.6) is 0 Å². The fourth-order valence-corrected chi connectivity index (χ4v) is 0.471. The molecule has 0 rings (SSSR count). The van der Waals surface area contributed by atoms with Gasteiger partial charge in [-0.1, -0.05) is 0 Å². The van der Waals surface area contributed by atoms with E-state index in [-0.39, 0.29) is 6.61 Å². The molecular weight excluding hydrogens is 186 g/mol. The maximum Gasteiger partial charge on any atom is 0.166 e. The lowest BCUT2D eigenvalue weighted by molar-refractivity contribution is 0.289. The van der Waals surface area contributed by atoms with Gasteiger partial charge in [-0.3, -0.25) is 0 Å². The number of aliphatic hydroxyl groups is 1. The van der Waals surface area contributed by atoms with Crippen molar-refractivity contribution in [1.82, 2.24) is 10.6 Å². The van der Waals surface area contributed by atoms with E-state index in [1.54, 1.807) is 20.3 Å². The first-order valence-electron chi connectivity index (χ1n) is 4.16. The predicted molar refractivity (Wildman–Crippen MR) is 61.5 cm³/mol. The van der Waals surface area contributed by atoms with Crippen molar-refractivity contribution in [3.63, 3.8) is 0 Å². The maximum atomic E-state index is 8.35. The third-order valence-electron chi connectivity index (χ3n) is 1.11. The SMILES string of the molecule is CC=NC.CNC(=S)NCCCO. The lowest BCUT2D eigenvalue weighted by Gasteiger charge is -2.03. The third kappa shape index (κ3) is 18.4. The zero-order chi connectivity index (χ0) is 10.5. The van der Waals surface area contributed by atoms with Crippen molar-refractivity contribution in [2.45, 2.75) is 13.3 Å². The van der Waals surface area contributed by atoms with Crippen LogP contribution in [0, 0.1) is 0 Å². The molecule has 4 nitrogen and oxygen atoms in total. The van der Waals surface area contributed by atoms with E-state index < -0.39 is 0 Å². The highest BCUT2D eigenvalue weighted by Crippen LogP contribution is 1.71. The van der Waals surface area contributed by atoms with Gasteiger partial charge in [0.05, 0.1) is 0 Å². The minimum atomic E-state index is 0.208.